The molecule has 1 saturated heterocycles. The first-order valence-electron chi connectivity index (χ1n) is 9.64. The SMILES string of the molecule is CO/N=C/c1ccc(OCCCCCN2CCN(c3ccncc3)C2=O)c(Br)c1. The molecule has 0 N–H and O–H groups in total. The van der Waals surface area contributed by atoms with E-state index in [9.17, 15) is 4.79 Å². The normalized spacial score (nSPS) is 14.1. The lowest BCUT2D eigenvalue weighted by Crippen LogP contribution is -2.32. The Labute approximate surface area is 179 Å². The van der Waals surface area contributed by atoms with Crippen molar-refractivity contribution in [3.05, 3.63) is 52.8 Å². The van der Waals surface area contributed by atoms with E-state index in [4.69, 9.17) is 4.74 Å². The van der Waals surface area contributed by atoms with E-state index < -0.39 is 0 Å². The van der Waals surface area contributed by atoms with Gasteiger partial charge >= 0.3 is 6.03 Å². The molecule has 2 amide bonds. The maximum atomic E-state index is 12.5. The van der Waals surface area contributed by atoms with Crippen LogP contribution >= 0.6 is 15.9 Å². The Balaban J connectivity index is 1.34. The summed E-state index contributed by atoms with van der Waals surface area (Å²) in [5.74, 6) is 0.808. The summed E-state index contributed by atoms with van der Waals surface area (Å²) in [6, 6.07) is 9.59. The number of unbranched alkanes of at least 4 members (excludes halogenated alkanes) is 2. The lowest BCUT2D eigenvalue weighted by molar-refractivity contribution is 0.215. The molecule has 0 aliphatic carbocycles. The topological polar surface area (TPSA) is 67.3 Å². The number of ether oxygens (including phenoxy) is 1. The molecule has 0 radical (unpaired) electrons. The summed E-state index contributed by atoms with van der Waals surface area (Å²) >= 11 is 3.52. The molecule has 0 bridgehead atoms. The van der Waals surface area contributed by atoms with Crippen LogP contribution in [-0.2, 0) is 4.84 Å². The number of hydrogen-bond donors (Lipinski definition) is 0. The highest BCUT2D eigenvalue weighted by molar-refractivity contribution is 9.10. The van der Waals surface area contributed by atoms with Crippen molar-refractivity contribution in [3.63, 3.8) is 0 Å². The number of pyridine rings is 1. The molecule has 1 aliphatic rings. The Morgan fingerprint density at radius 1 is 1.17 bits per heavy atom. The number of nitrogens with zero attached hydrogens (tertiary/aromatic N) is 4. The fraction of sp³-hybridized carbons (Fsp3) is 0.381. The number of carbonyl (C=O) groups is 1. The number of urea groups is 1. The van der Waals surface area contributed by atoms with Crippen molar-refractivity contribution in [1.29, 1.82) is 0 Å². The summed E-state index contributed by atoms with van der Waals surface area (Å²) in [5, 5.41) is 3.75. The molecule has 8 heteroatoms. The molecule has 1 aromatic heterocycles. The van der Waals surface area contributed by atoms with Crippen molar-refractivity contribution in [1.82, 2.24) is 9.88 Å². The van der Waals surface area contributed by atoms with Gasteiger partial charge in [0, 0.05) is 37.7 Å². The van der Waals surface area contributed by atoms with Crippen LogP contribution in [0.4, 0.5) is 10.5 Å². The van der Waals surface area contributed by atoms with E-state index in [1.54, 1.807) is 18.6 Å². The Kier molecular flexibility index (Phi) is 7.86. The van der Waals surface area contributed by atoms with E-state index in [2.05, 4.69) is 30.9 Å². The molecule has 1 fully saturated rings. The van der Waals surface area contributed by atoms with Gasteiger partial charge in [-0.2, -0.15) is 0 Å². The van der Waals surface area contributed by atoms with Gasteiger partial charge in [0.25, 0.3) is 0 Å². The summed E-state index contributed by atoms with van der Waals surface area (Å²) in [4.78, 5) is 24.9. The molecule has 1 aliphatic heterocycles. The second-order valence-corrected chi connectivity index (χ2v) is 7.50. The molecule has 1 aromatic carbocycles. The molecule has 2 heterocycles. The molecule has 0 unspecified atom stereocenters. The van der Waals surface area contributed by atoms with Gasteiger partial charge in [0.15, 0.2) is 0 Å². The number of oxime groups is 1. The third kappa shape index (κ3) is 5.93. The van der Waals surface area contributed by atoms with Crippen LogP contribution < -0.4 is 9.64 Å². The molecule has 29 heavy (non-hydrogen) atoms. The van der Waals surface area contributed by atoms with Crippen LogP contribution in [0, 0.1) is 0 Å². The average Bonchev–Trinajstić information content (AvgIpc) is 3.11. The summed E-state index contributed by atoms with van der Waals surface area (Å²) in [6.07, 6.45) is 7.98. The highest BCUT2D eigenvalue weighted by Crippen LogP contribution is 2.26. The van der Waals surface area contributed by atoms with Gasteiger partial charge in [-0.3, -0.25) is 9.88 Å². The zero-order chi connectivity index (χ0) is 20.5. The standard InChI is InChI=1S/C21H25BrN4O3/c1-28-24-16-17-5-6-20(19(22)15-17)29-14-4-2-3-11-25-12-13-26(21(25)27)18-7-9-23-10-8-18/h5-10,15-16H,2-4,11-14H2,1H3/b24-16+. The molecule has 0 spiro atoms. The van der Waals surface area contributed by atoms with E-state index in [0.717, 1.165) is 60.4 Å². The smallest absolute Gasteiger partial charge is 0.324 e. The van der Waals surface area contributed by atoms with E-state index in [-0.39, 0.29) is 6.03 Å². The molecule has 2 aromatic rings. The molecule has 3 rings (SSSR count). The minimum absolute atomic E-state index is 0.0773. The Bertz CT molecular complexity index is 832. The lowest BCUT2D eigenvalue weighted by Gasteiger charge is -2.18. The van der Waals surface area contributed by atoms with Crippen LogP contribution in [0.2, 0.25) is 0 Å². The van der Waals surface area contributed by atoms with E-state index in [0.29, 0.717) is 6.61 Å². The van der Waals surface area contributed by atoms with Gasteiger partial charge in [-0.1, -0.05) is 5.16 Å². The third-order valence-corrected chi connectivity index (χ3v) is 5.28. The summed E-state index contributed by atoms with van der Waals surface area (Å²) in [5.41, 5.74) is 1.84. The van der Waals surface area contributed by atoms with Crippen molar-refractivity contribution in [3.8, 4) is 5.75 Å². The van der Waals surface area contributed by atoms with Gasteiger partial charge in [-0.15, -0.1) is 0 Å². The van der Waals surface area contributed by atoms with Gasteiger partial charge in [0.05, 0.1) is 17.3 Å². The largest absolute Gasteiger partial charge is 0.492 e. The number of carbonyl (C=O) groups excluding carboxylic acids is 1. The summed E-state index contributed by atoms with van der Waals surface area (Å²) in [6.45, 7) is 2.91. The van der Waals surface area contributed by atoms with Crippen molar-refractivity contribution in [2.24, 2.45) is 5.16 Å². The number of aromatic nitrogens is 1. The second-order valence-electron chi connectivity index (χ2n) is 6.64. The zero-order valence-electron chi connectivity index (χ0n) is 16.5. The molecular formula is C21H25BrN4O3. The van der Waals surface area contributed by atoms with Gasteiger partial charge in [-0.25, -0.2) is 4.79 Å². The minimum atomic E-state index is 0.0773. The molecular weight excluding hydrogens is 436 g/mol. The zero-order valence-corrected chi connectivity index (χ0v) is 18.0. The van der Waals surface area contributed by atoms with Crippen molar-refractivity contribution < 1.29 is 14.4 Å². The predicted molar refractivity (Wildman–Crippen MR) is 117 cm³/mol. The molecule has 154 valence electrons. The molecule has 0 atom stereocenters. The number of anilines is 1. The van der Waals surface area contributed by atoms with Crippen LogP contribution in [0.5, 0.6) is 5.75 Å². The second kappa shape index (κ2) is 10.8. The lowest BCUT2D eigenvalue weighted by atomic mass is 10.2. The predicted octanol–water partition coefficient (Wildman–Crippen LogP) is 4.32. The monoisotopic (exact) mass is 460 g/mol. The molecule has 0 saturated carbocycles. The van der Waals surface area contributed by atoms with Gasteiger partial charge < -0.3 is 14.5 Å². The van der Waals surface area contributed by atoms with Gasteiger partial charge in [-0.05, 0) is 71.1 Å². The number of hydrogen-bond acceptors (Lipinski definition) is 5. The summed E-state index contributed by atoms with van der Waals surface area (Å²) < 4.78 is 6.73. The van der Waals surface area contributed by atoms with Crippen LogP contribution in [0.15, 0.2) is 52.4 Å². The first-order chi connectivity index (χ1) is 14.2. The van der Waals surface area contributed by atoms with Gasteiger partial charge in [0.2, 0.25) is 0 Å². The van der Waals surface area contributed by atoms with Gasteiger partial charge in [0.1, 0.15) is 12.9 Å². The first kappa shape index (κ1) is 21.1. The van der Waals surface area contributed by atoms with Crippen molar-refractivity contribution >= 4 is 33.9 Å². The van der Waals surface area contributed by atoms with Crippen molar-refractivity contribution in [2.75, 3.05) is 38.3 Å². The number of rotatable bonds is 10. The van der Waals surface area contributed by atoms with Crippen LogP contribution in [-0.4, -0.2) is 55.5 Å². The summed E-state index contributed by atoms with van der Waals surface area (Å²) in [7, 11) is 1.51. The number of benzene rings is 1. The maximum Gasteiger partial charge on any atom is 0.324 e. The highest BCUT2D eigenvalue weighted by Gasteiger charge is 2.28. The Morgan fingerprint density at radius 2 is 2.00 bits per heavy atom. The Hall–Kier alpha value is -2.61. The number of halogens is 1. The quantitative estimate of drug-likeness (QED) is 0.300. The first-order valence-corrected chi connectivity index (χ1v) is 10.4. The third-order valence-electron chi connectivity index (χ3n) is 4.66. The van der Waals surface area contributed by atoms with E-state index in [1.165, 1.54) is 7.11 Å². The van der Waals surface area contributed by atoms with E-state index >= 15 is 0 Å². The number of amides is 2. The Morgan fingerprint density at radius 3 is 2.76 bits per heavy atom. The van der Waals surface area contributed by atoms with E-state index in [1.807, 2.05) is 40.1 Å². The fourth-order valence-corrected chi connectivity index (χ4v) is 3.66. The average molecular weight is 461 g/mol. The van der Waals surface area contributed by atoms with Crippen LogP contribution in [0.1, 0.15) is 24.8 Å². The van der Waals surface area contributed by atoms with Crippen LogP contribution in [0.3, 0.4) is 0 Å². The van der Waals surface area contributed by atoms with Crippen molar-refractivity contribution in [2.45, 2.75) is 19.3 Å². The minimum Gasteiger partial charge on any atom is -0.492 e. The fourth-order valence-electron chi connectivity index (χ4n) is 3.15. The maximum absolute atomic E-state index is 12.5. The molecule has 7 nitrogen and oxygen atoms in total. The highest BCUT2D eigenvalue weighted by atomic mass is 79.9. The van der Waals surface area contributed by atoms with Crippen LogP contribution in [0.25, 0.3) is 0 Å².